The van der Waals surface area contributed by atoms with Gasteiger partial charge in [-0.25, -0.2) is 0 Å². The summed E-state index contributed by atoms with van der Waals surface area (Å²) in [6, 6.07) is 11.7. The molecular formula is C17H21N3O. The van der Waals surface area contributed by atoms with Crippen molar-refractivity contribution in [3.05, 3.63) is 59.4 Å². The summed E-state index contributed by atoms with van der Waals surface area (Å²) in [6.07, 6.45) is 2.40. The first kappa shape index (κ1) is 15.2. The van der Waals surface area contributed by atoms with Crippen molar-refractivity contribution in [3.8, 4) is 0 Å². The minimum atomic E-state index is -0.0783. The van der Waals surface area contributed by atoms with Crippen LogP contribution in [0.15, 0.2) is 42.6 Å². The smallest absolute Gasteiger partial charge is 0.277 e. The number of aryl methyl sites for hydroxylation is 2. The largest absolute Gasteiger partial charge is 0.330 e. The molecule has 1 aromatic heterocycles. The zero-order valence-electron chi connectivity index (χ0n) is 12.5. The van der Waals surface area contributed by atoms with Crippen LogP contribution in [0.1, 0.15) is 28.0 Å². The highest BCUT2D eigenvalue weighted by Gasteiger charge is 2.19. The normalized spacial score (nSPS) is 10.4. The zero-order valence-corrected chi connectivity index (χ0v) is 12.5. The maximum Gasteiger partial charge on any atom is 0.277 e. The molecule has 0 saturated carbocycles. The second kappa shape index (κ2) is 6.99. The fourth-order valence-electron chi connectivity index (χ4n) is 2.16. The topological polar surface area (TPSA) is 59.2 Å². The molecule has 0 bridgehead atoms. The van der Waals surface area contributed by atoms with Crippen LogP contribution in [0.4, 0.5) is 5.69 Å². The molecule has 2 N–H and O–H groups in total. The molecular weight excluding hydrogens is 262 g/mol. The van der Waals surface area contributed by atoms with Gasteiger partial charge in [-0.3, -0.25) is 9.78 Å². The zero-order chi connectivity index (χ0) is 15.2. The summed E-state index contributed by atoms with van der Waals surface area (Å²) in [5, 5.41) is 0. The number of nitrogens with zero attached hydrogens (tertiary/aromatic N) is 2. The Hall–Kier alpha value is -2.20. The van der Waals surface area contributed by atoms with Crippen LogP contribution in [0.2, 0.25) is 0 Å². The Kier molecular flexibility index (Phi) is 5.06. The summed E-state index contributed by atoms with van der Waals surface area (Å²) in [5.74, 6) is -0.0783. The van der Waals surface area contributed by atoms with Crippen molar-refractivity contribution in [2.24, 2.45) is 5.73 Å². The number of rotatable bonds is 5. The lowest BCUT2D eigenvalue weighted by Crippen LogP contribution is -2.34. The predicted octanol–water partition coefficient (Wildman–Crippen LogP) is 2.69. The Morgan fingerprint density at radius 2 is 1.90 bits per heavy atom. The van der Waals surface area contributed by atoms with E-state index in [9.17, 15) is 4.79 Å². The summed E-state index contributed by atoms with van der Waals surface area (Å²) in [5.41, 5.74) is 9.02. The number of pyridine rings is 1. The fraction of sp³-hybridized carbons (Fsp3) is 0.294. The molecule has 2 aromatic rings. The molecule has 110 valence electrons. The molecule has 0 fully saturated rings. The molecule has 0 aliphatic rings. The summed E-state index contributed by atoms with van der Waals surface area (Å²) in [7, 11) is 0. The third-order valence-electron chi connectivity index (χ3n) is 3.39. The molecule has 0 unspecified atom stereocenters. The van der Waals surface area contributed by atoms with Crippen molar-refractivity contribution < 1.29 is 4.79 Å². The highest BCUT2D eigenvalue weighted by Crippen LogP contribution is 2.19. The summed E-state index contributed by atoms with van der Waals surface area (Å²) >= 11 is 0. The first-order chi connectivity index (χ1) is 10.1. The van der Waals surface area contributed by atoms with Crippen LogP contribution in [0.25, 0.3) is 0 Å². The van der Waals surface area contributed by atoms with E-state index in [1.54, 1.807) is 11.1 Å². The Balaban J connectivity index is 2.33. The van der Waals surface area contributed by atoms with E-state index < -0.39 is 0 Å². The van der Waals surface area contributed by atoms with Gasteiger partial charge in [-0.15, -0.1) is 0 Å². The molecule has 0 saturated heterocycles. The van der Waals surface area contributed by atoms with Crippen molar-refractivity contribution in [1.82, 2.24) is 4.98 Å². The van der Waals surface area contributed by atoms with Crippen molar-refractivity contribution in [1.29, 1.82) is 0 Å². The number of carbonyl (C=O) groups excluding carboxylic acids is 1. The highest BCUT2D eigenvalue weighted by atomic mass is 16.2. The van der Waals surface area contributed by atoms with Gasteiger partial charge in [0.05, 0.1) is 0 Å². The van der Waals surface area contributed by atoms with E-state index in [-0.39, 0.29) is 5.91 Å². The van der Waals surface area contributed by atoms with Crippen LogP contribution >= 0.6 is 0 Å². The van der Waals surface area contributed by atoms with E-state index in [4.69, 9.17) is 5.73 Å². The van der Waals surface area contributed by atoms with Crippen molar-refractivity contribution in [2.75, 3.05) is 18.0 Å². The van der Waals surface area contributed by atoms with Crippen LogP contribution < -0.4 is 10.6 Å². The lowest BCUT2D eigenvalue weighted by molar-refractivity contribution is 0.0981. The van der Waals surface area contributed by atoms with Gasteiger partial charge in [-0.05, 0) is 50.6 Å². The number of nitrogens with two attached hydrogens (primary N) is 1. The standard InChI is InChI=1S/C17H21N3O/c1-13-6-8-15(9-7-13)20(12-4-10-18)17(21)16-14(2)5-3-11-19-16/h3,5-9,11H,4,10,12,18H2,1-2H3. The lowest BCUT2D eigenvalue weighted by Gasteiger charge is -2.23. The highest BCUT2D eigenvalue weighted by molar-refractivity contribution is 6.05. The Bertz CT molecular complexity index is 608. The average molecular weight is 283 g/mol. The number of carbonyl (C=O) groups is 1. The van der Waals surface area contributed by atoms with E-state index in [0.29, 0.717) is 18.8 Å². The van der Waals surface area contributed by atoms with Crippen LogP contribution in [-0.4, -0.2) is 24.0 Å². The third kappa shape index (κ3) is 3.67. The number of hydrogen-bond donors (Lipinski definition) is 1. The summed E-state index contributed by atoms with van der Waals surface area (Å²) < 4.78 is 0. The SMILES string of the molecule is Cc1ccc(N(CCCN)C(=O)c2ncccc2C)cc1. The van der Waals surface area contributed by atoms with E-state index >= 15 is 0 Å². The molecule has 0 radical (unpaired) electrons. The molecule has 0 atom stereocenters. The van der Waals surface area contributed by atoms with Crippen LogP contribution in [0.5, 0.6) is 0 Å². The van der Waals surface area contributed by atoms with E-state index in [1.807, 2.05) is 50.2 Å². The van der Waals surface area contributed by atoms with Gasteiger partial charge in [0.2, 0.25) is 0 Å². The van der Waals surface area contributed by atoms with Gasteiger partial charge in [0.25, 0.3) is 5.91 Å². The molecule has 1 amide bonds. The van der Waals surface area contributed by atoms with Gasteiger partial charge in [-0.1, -0.05) is 23.8 Å². The van der Waals surface area contributed by atoms with Gasteiger partial charge in [0, 0.05) is 18.4 Å². The second-order valence-electron chi connectivity index (χ2n) is 5.10. The third-order valence-corrected chi connectivity index (χ3v) is 3.39. The van der Waals surface area contributed by atoms with Gasteiger partial charge < -0.3 is 10.6 Å². The quantitative estimate of drug-likeness (QED) is 0.917. The number of amides is 1. The molecule has 1 aromatic carbocycles. The van der Waals surface area contributed by atoms with Crippen molar-refractivity contribution >= 4 is 11.6 Å². The van der Waals surface area contributed by atoms with E-state index in [0.717, 1.165) is 17.7 Å². The van der Waals surface area contributed by atoms with Crippen LogP contribution in [0, 0.1) is 13.8 Å². The monoisotopic (exact) mass is 283 g/mol. The average Bonchev–Trinajstić information content (AvgIpc) is 2.49. The summed E-state index contributed by atoms with van der Waals surface area (Å²) in [6.45, 7) is 5.07. The van der Waals surface area contributed by atoms with Crippen molar-refractivity contribution in [3.63, 3.8) is 0 Å². The molecule has 4 heteroatoms. The summed E-state index contributed by atoms with van der Waals surface area (Å²) in [4.78, 5) is 18.8. The van der Waals surface area contributed by atoms with E-state index in [1.165, 1.54) is 5.56 Å². The molecule has 2 rings (SSSR count). The number of aromatic nitrogens is 1. The molecule has 21 heavy (non-hydrogen) atoms. The minimum absolute atomic E-state index is 0.0783. The molecule has 0 aliphatic heterocycles. The van der Waals surface area contributed by atoms with Crippen LogP contribution in [0.3, 0.4) is 0 Å². The number of hydrogen-bond acceptors (Lipinski definition) is 3. The van der Waals surface area contributed by atoms with Gasteiger partial charge >= 0.3 is 0 Å². The molecule has 0 aliphatic carbocycles. The maximum absolute atomic E-state index is 12.8. The van der Waals surface area contributed by atoms with Crippen molar-refractivity contribution in [2.45, 2.75) is 20.3 Å². The minimum Gasteiger partial charge on any atom is -0.330 e. The van der Waals surface area contributed by atoms with E-state index in [2.05, 4.69) is 4.98 Å². The van der Waals surface area contributed by atoms with Crippen LogP contribution in [-0.2, 0) is 0 Å². The Labute approximate surface area is 125 Å². The Morgan fingerprint density at radius 3 is 2.52 bits per heavy atom. The fourth-order valence-corrected chi connectivity index (χ4v) is 2.16. The maximum atomic E-state index is 12.8. The number of benzene rings is 1. The first-order valence-electron chi connectivity index (χ1n) is 7.13. The van der Waals surface area contributed by atoms with Gasteiger partial charge in [0.15, 0.2) is 0 Å². The Morgan fingerprint density at radius 1 is 1.19 bits per heavy atom. The predicted molar refractivity (Wildman–Crippen MR) is 85.5 cm³/mol. The first-order valence-corrected chi connectivity index (χ1v) is 7.13. The number of anilines is 1. The molecule has 1 heterocycles. The molecule has 0 spiro atoms. The molecule has 4 nitrogen and oxygen atoms in total. The van der Waals surface area contributed by atoms with Gasteiger partial charge in [0.1, 0.15) is 5.69 Å². The second-order valence-corrected chi connectivity index (χ2v) is 5.10. The van der Waals surface area contributed by atoms with Gasteiger partial charge in [-0.2, -0.15) is 0 Å². The lowest BCUT2D eigenvalue weighted by atomic mass is 10.1.